The molecule has 33 heavy (non-hydrogen) atoms. The largest absolute Gasteiger partial charge is 0.506 e. The zero-order chi connectivity index (χ0) is 25.1. The second-order valence-corrected chi connectivity index (χ2v) is 11.5. The van der Waals surface area contributed by atoms with E-state index in [0.29, 0.717) is 24.0 Å². The molecule has 7 nitrogen and oxygen atoms in total. The Kier molecular flexibility index (Phi) is 8.59. The van der Waals surface area contributed by atoms with Gasteiger partial charge in [-0.1, -0.05) is 46.8 Å². The Bertz CT molecular complexity index is 1210. The fourth-order valence-electron chi connectivity index (χ4n) is 3.97. The van der Waals surface area contributed by atoms with E-state index < -0.39 is 20.0 Å². The third kappa shape index (κ3) is 5.20. The number of anilines is 1. The molecule has 0 atom stereocenters. The van der Waals surface area contributed by atoms with Crippen LogP contribution in [-0.2, 0) is 39.3 Å². The molecule has 2 aromatic carbocycles. The third-order valence-corrected chi connectivity index (χ3v) is 9.75. The zero-order valence-corrected chi connectivity index (χ0v) is 22.2. The minimum atomic E-state index is -4.01. The Morgan fingerprint density at radius 3 is 1.76 bits per heavy atom. The predicted octanol–water partition coefficient (Wildman–Crippen LogP) is 4.53. The lowest BCUT2D eigenvalue weighted by molar-refractivity contribution is 0.427. The fraction of sp³-hybridized carbons (Fsp3) is 0.500. The Balaban J connectivity index is 2.73. The van der Waals surface area contributed by atoms with Gasteiger partial charge in [-0.25, -0.2) is 16.8 Å². The number of phenolic OH excluding ortho intramolecular Hbond substituents is 1. The number of hydrogen-bond donors (Lipinski definition) is 2. The van der Waals surface area contributed by atoms with Crippen LogP contribution in [0, 0.1) is 13.8 Å². The second-order valence-electron chi connectivity index (χ2n) is 8.02. The van der Waals surface area contributed by atoms with E-state index in [1.807, 2.05) is 32.9 Å². The van der Waals surface area contributed by atoms with Gasteiger partial charge in [-0.3, -0.25) is 4.72 Å². The van der Waals surface area contributed by atoms with Gasteiger partial charge in [-0.05, 0) is 67.0 Å². The minimum Gasteiger partial charge on any atom is -0.506 e. The second kappa shape index (κ2) is 10.4. The molecule has 0 bridgehead atoms. The van der Waals surface area contributed by atoms with Crippen molar-refractivity contribution in [1.82, 2.24) is 4.31 Å². The highest BCUT2D eigenvalue weighted by Gasteiger charge is 2.30. The average Bonchev–Trinajstić information content (AvgIpc) is 2.78. The zero-order valence-electron chi connectivity index (χ0n) is 20.6. The van der Waals surface area contributed by atoms with Gasteiger partial charge < -0.3 is 5.11 Å². The van der Waals surface area contributed by atoms with Crippen molar-refractivity contribution in [2.24, 2.45) is 0 Å². The first kappa shape index (κ1) is 27.1. The van der Waals surface area contributed by atoms with Crippen molar-refractivity contribution in [1.29, 1.82) is 0 Å². The number of rotatable bonds is 10. The van der Waals surface area contributed by atoms with Gasteiger partial charge in [-0.15, -0.1) is 0 Å². The van der Waals surface area contributed by atoms with Crippen molar-refractivity contribution in [2.45, 2.75) is 77.5 Å². The monoisotopic (exact) mass is 496 g/mol. The molecule has 184 valence electrons. The highest BCUT2D eigenvalue weighted by atomic mass is 32.2. The molecule has 0 aromatic heterocycles. The first-order valence-corrected chi connectivity index (χ1v) is 14.3. The summed E-state index contributed by atoms with van der Waals surface area (Å²) in [6, 6.07) is 5.05. The van der Waals surface area contributed by atoms with Crippen LogP contribution in [0.4, 0.5) is 5.69 Å². The van der Waals surface area contributed by atoms with E-state index in [0.717, 1.165) is 23.1 Å². The molecule has 0 spiro atoms. The molecule has 2 rings (SSSR count). The van der Waals surface area contributed by atoms with Crippen LogP contribution < -0.4 is 4.72 Å². The van der Waals surface area contributed by atoms with Crippen LogP contribution in [-0.4, -0.2) is 39.3 Å². The van der Waals surface area contributed by atoms with Gasteiger partial charge in [0.05, 0.1) is 10.6 Å². The molecule has 2 N–H and O–H groups in total. The van der Waals surface area contributed by atoms with Crippen LogP contribution in [0.15, 0.2) is 28.0 Å². The van der Waals surface area contributed by atoms with Crippen LogP contribution in [0.2, 0.25) is 0 Å². The normalized spacial score (nSPS) is 12.4. The minimum absolute atomic E-state index is 0.139. The average molecular weight is 497 g/mol. The highest BCUT2D eigenvalue weighted by Crippen LogP contribution is 2.37. The number of aromatic hydroxyl groups is 1. The van der Waals surface area contributed by atoms with E-state index in [-0.39, 0.29) is 34.3 Å². The number of hydrogen-bond acceptors (Lipinski definition) is 5. The van der Waals surface area contributed by atoms with E-state index >= 15 is 0 Å². The lowest BCUT2D eigenvalue weighted by Crippen LogP contribution is -2.31. The molecule has 0 aliphatic carbocycles. The Morgan fingerprint density at radius 2 is 1.33 bits per heavy atom. The fourth-order valence-corrected chi connectivity index (χ4v) is 7.30. The van der Waals surface area contributed by atoms with Crippen molar-refractivity contribution >= 4 is 25.7 Å². The lowest BCUT2D eigenvalue weighted by Gasteiger charge is -2.22. The molecule has 2 aromatic rings. The summed E-state index contributed by atoms with van der Waals surface area (Å²) in [7, 11) is -8.01. The molecule has 0 amide bonds. The van der Waals surface area contributed by atoms with E-state index in [4.69, 9.17) is 0 Å². The Labute approximate surface area is 198 Å². The first-order chi connectivity index (χ1) is 15.4. The summed E-state index contributed by atoms with van der Waals surface area (Å²) in [5, 5.41) is 10.6. The summed E-state index contributed by atoms with van der Waals surface area (Å²) in [6.07, 6.45) is 1.90. The molecule has 0 heterocycles. The summed E-state index contributed by atoms with van der Waals surface area (Å²) < 4.78 is 57.3. The first-order valence-electron chi connectivity index (χ1n) is 11.4. The molecule has 9 heteroatoms. The van der Waals surface area contributed by atoms with Gasteiger partial charge in [0, 0.05) is 13.1 Å². The summed E-state index contributed by atoms with van der Waals surface area (Å²) in [6.45, 7) is 13.0. The summed E-state index contributed by atoms with van der Waals surface area (Å²) in [4.78, 5) is -0.0669. The number of nitrogens with zero attached hydrogens (tertiary/aromatic N) is 1. The van der Waals surface area contributed by atoms with Crippen molar-refractivity contribution in [3.05, 3.63) is 46.0 Å². The molecule has 0 fully saturated rings. The van der Waals surface area contributed by atoms with Crippen LogP contribution in [0.1, 0.15) is 62.4 Å². The van der Waals surface area contributed by atoms with Gasteiger partial charge in [-0.2, -0.15) is 4.31 Å². The SMILES string of the molecule is CCc1cc(CC)c(S(=O)(=O)Nc2cc(S(=O)(=O)N(CC)CC)c(O)c(C)c2C)c(CC)c1. The van der Waals surface area contributed by atoms with Gasteiger partial charge in [0.1, 0.15) is 10.6 Å². The summed E-state index contributed by atoms with van der Waals surface area (Å²) in [5.41, 5.74) is 3.45. The van der Waals surface area contributed by atoms with Crippen LogP contribution in [0.3, 0.4) is 0 Å². The van der Waals surface area contributed by atoms with Crippen molar-refractivity contribution in [3.63, 3.8) is 0 Å². The molecule has 0 saturated carbocycles. The number of benzene rings is 2. The topological polar surface area (TPSA) is 104 Å². The predicted molar refractivity (Wildman–Crippen MR) is 133 cm³/mol. The number of nitrogens with one attached hydrogen (secondary N) is 1. The Hall–Kier alpha value is -2.10. The van der Waals surface area contributed by atoms with Crippen molar-refractivity contribution < 1.29 is 21.9 Å². The number of phenols is 1. The third-order valence-electron chi connectivity index (χ3n) is 6.14. The highest BCUT2D eigenvalue weighted by molar-refractivity contribution is 7.92. The Morgan fingerprint density at radius 1 is 0.818 bits per heavy atom. The molecular formula is C24H36N2O5S2. The number of aryl methyl sites for hydroxylation is 3. The quantitative estimate of drug-likeness (QED) is 0.471. The molecule has 0 saturated heterocycles. The van der Waals surface area contributed by atoms with Crippen LogP contribution >= 0.6 is 0 Å². The molecule has 0 aliphatic rings. The number of sulfonamides is 2. The van der Waals surface area contributed by atoms with E-state index in [1.54, 1.807) is 27.7 Å². The van der Waals surface area contributed by atoms with Gasteiger partial charge in [0.25, 0.3) is 10.0 Å². The maximum atomic E-state index is 13.6. The van der Waals surface area contributed by atoms with E-state index in [9.17, 15) is 21.9 Å². The smallest absolute Gasteiger partial charge is 0.262 e. The molecule has 0 aliphatic heterocycles. The van der Waals surface area contributed by atoms with Gasteiger partial charge >= 0.3 is 0 Å². The molecule has 0 unspecified atom stereocenters. The van der Waals surface area contributed by atoms with E-state index in [2.05, 4.69) is 4.72 Å². The summed E-state index contributed by atoms with van der Waals surface area (Å²) >= 11 is 0. The lowest BCUT2D eigenvalue weighted by atomic mass is 10.0. The molecule has 0 radical (unpaired) electrons. The van der Waals surface area contributed by atoms with Crippen molar-refractivity contribution in [3.8, 4) is 5.75 Å². The molecular weight excluding hydrogens is 460 g/mol. The summed E-state index contributed by atoms with van der Waals surface area (Å²) in [5.74, 6) is -0.363. The maximum absolute atomic E-state index is 13.6. The van der Waals surface area contributed by atoms with Gasteiger partial charge in [0.15, 0.2) is 0 Å². The van der Waals surface area contributed by atoms with Crippen LogP contribution in [0.25, 0.3) is 0 Å². The standard InChI is InChI=1S/C24H36N2O5S2/c1-8-18-13-19(9-2)24(20(10-3)14-18)32(28,29)25-21-15-22(23(27)17(7)16(21)6)33(30,31)26(11-4)12-5/h13-15,25,27H,8-12H2,1-7H3. The van der Waals surface area contributed by atoms with Gasteiger partial charge in [0.2, 0.25) is 10.0 Å². The van der Waals surface area contributed by atoms with E-state index in [1.165, 1.54) is 10.4 Å². The maximum Gasteiger partial charge on any atom is 0.262 e. The van der Waals surface area contributed by atoms with Crippen LogP contribution in [0.5, 0.6) is 5.75 Å². The van der Waals surface area contributed by atoms with Crippen molar-refractivity contribution in [2.75, 3.05) is 17.8 Å².